The molecule has 2 aromatic heterocycles. The highest BCUT2D eigenvalue weighted by molar-refractivity contribution is 7.53. The van der Waals surface area contributed by atoms with Crippen molar-refractivity contribution in [2.45, 2.75) is 111 Å². The molecule has 0 unspecified atom stereocenters. The molecule has 1 aliphatic rings. The lowest BCUT2D eigenvalue weighted by molar-refractivity contribution is -0.0352. The van der Waals surface area contributed by atoms with Crippen LogP contribution in [0, 0.1) is 0 Å². The van der Waals surface area contributed by atoms with Crippen LogP contribution in [0.25, 0.3) is 11.2 Å². The molecule has 0 bridgehead atoms. The second kappa shape index (κ2) is 17.7. The monoisotopic (exact) mass is 739 g/mol. The van der Waals surface area contributed by atoms with Gasteiger partial charge in [-0.3, -0.25) is 9.13 Å². The van der Waals surface area contributed by atoms with Gasteiger partial charge < -0.3 is 42.6 Å². The van der Waals surface area contributed by atoms with Crippen molar-refractivity contribution in [3.8, 4) is 0 Å². The molecule has 1 aromatic carbocycles. The van der Waals surface area contributed by atoms with Crippen molar-refractivity contribution in [2.75, 3.05) is 31.6 Å². The molecule has 0 saturated heterocycles. The standard InChI is InChI=1S/C33H51N5O10P2/c1-21(2)45-49(40,46-22(3)4)19-42-16-27(38-18-35-30-29(25-14-15-25)36-33(34)37-31(30)38)28(44-32(39)26-12-10-9-11-13-26)17-43-20-50(41,47-23(5)6)48-24(7)8/h9-13,18,21-25,27-28H,14-17,19-20H2,1-8H3,(H2,34,36,37)/t27-,28+/m1/s1. The molecular formula is C33H51N5O10P2. The van der Waals surface area contributed by atoms with Gasteiger partial charge in [-0.15, -0.1) is 0 Å². The van der Waals surface area contributed by atoms with E-state index in [2.05, 4.69) is 15.0 Å². The number of carbonyl (C=O) groups excluding carboxylic acids is 1. The minimum absolute atomic E-state index is 0.0627. The Hall–Kier alpha value is -2.74. The Morgan fingerprint density at radius 1 is 0.820 bits per heavy atom. The second-order valence-corrected chi connectivity index (χ2v) is 17.1. The van der Waals surface area contributed by atoms with Crippen LogP contribution >= 0.6 is 15.2 Å². The highest BCUT2D eigenvalue weighted by Gasteiger charge is 2.36. The summed E-state index contributed by atoms with van der Waals surface area (Å²) in [6.07, 6.45) is -0.0641. The molecule has 3 aromatic rings. The maximum absolute atomic E-state index is 13.7. The highest BCUT2D eigenvalue weighted by Crippen LogP contribution is 2.51. The van der Waals surface area contributed by atoms with Crippen LogP contribution in [-0.4, -0.2) is 81.9 Å². The van der Waals surface area contributed by atoms with Gasteiger partial charge in [-0.05, 0) is 80.4 Å². The van der Waals surface area contributed by atoms with Gasteiger partial charge in [0, 0.05) is 5.92 Å². The first-order valence-corrected chi connectivity index (χ1v) is 20.4. The van der Waals surface area contributed by atoms with Gasteiger partial charge in [-0.2, -0.15) is 4.98 Å². The van der Waals surface area contributed by atoms with Crippen LogP contribution in [0.4, 0.5) is 5.95 Å². The van der Waals surface area contributed by atoms with Crippen LogP contribution < -0.4 is 5.73 Å². The molecule has 17 heteroatoms. The van der Waals surface area contributed by atoms with Crippen molar-refractivity contribution in [3.63, 3.8) is 0 Å². The molecule has 1 saturated carbocycles. The van der Waals surface area contributed by atoms with Gasteiger partial charge in [0.05, 0.1) is 61.3 Å². The van der Waals surface area contributed by atoms with Crippen LogP contribution in [0.5, 0.6) is 0 Å². The average Bonchev–Trinajstić information content (AvgIpc) is 3.77. The largest absolute Gasteiger partial charge is 0.454 e. The maximum atomic E-state index is 13.7. The Bertz CT molecular complexity index is 1620. The Morgan fingerprint density at radius 2 is 1.34 bits per heavy atom. The zero-order valence-electron chi connectivity index (χ0n) is 30.1. The molecular weight excluding hydrogens is 688 g/mol. The van der Waals surface area contributed by atoms with E-state index >= 15 is 0 Å². The summed E-state index contributed by atoms with van der Waals surface area (Å²) in [5.74, 6) is -0.370. The van der Waals surface area contributed by atoms with E-state index < -0.39 is 70.4 Å². The van der Waals surface area contributed by atoms with Gasteiger partial charge in [-0.1, -0.05) is 18.2 Å². The molecule has 0 aliphatic heterocycles. The van der Waals surface area contributed by atoms with E-state index in [1.165, 1.54) is 0 Å². The molecule has 0 radical (unpaired) electrons. The molecule has 50 heavy (non-hydrogen) atoms. The fraction of sp³-hybridized carbons (Fsp3) is 0.636. The maximum Gasteiger partial charge on any atom is 0.356 e. The predicted octanol–water partition coefficient (Wildman–Crippen LogP) is 7.09. The van der Waals surface area contributed by atoms with Crippen LogP contribution in [0.1, 0.15) is 96.2 Å². The number of esters is 1. The van der Waals surface area contributed by atoms with E-state index in [0.29, 0.717) is 16.7 Å². The number of benzene rings is 1. The normalized spacial score (nSPS) is 15.4. The summed E-state index contributed by atoms with van der Waals surface area (Å²) >= 11 is 0. The number of anilines is 1. The SMILES string of the molecule is CC(C)OP(=O)(COC[C@H](OC(=O)c1ccccc1)[C@@H](COCP(=O)(OC(C)C)OC(C)C)n1cnc2c(C3CC3)nc(N)nc21)OC(C)C. The van der Waals surface area contributed by atoms with Gasteiger partial charge in [-0.25, -0.2) is 14.8 Å². The first kappa shape index (κ1) is 40.0. The van der Waals surface area contributed by atoms with Crippen LogP contribution in [0.15, 0.2) is 36.7 Å². The van der Waals surface area contributed by atoms with Crippen molar-refractivity contribution in [3.05, 3.63) is 47.9 Å². The van der Waals surface area contributed by atoms with Gasteiger partial charge >= 0.3 is 21.2 Å². The zero-order chi connectivity index (χ0) is 36.6. The summed E-state index contributed by atoms with van der Waals surface area (Å²) in [4.78, 5) is 27.2. The highest BCUT2D eigenvalue weighted by atomic mass is 31.2. The van der Waals surface area contributed by atoms with Crippen LogP contribution in [0.3, 0.4) is 0 Å². The quantitative estimate of drug-likeness (QED) is 0.0862. The van der Waals surface area contributed by atoms with Gasteiger partial charge in [0.25, 0.3) is 0 Å². The summed E-state index contributed by atoms with van der Waals surface area (Å²) in [6.45, 7) is 13.5. The summed E-state index contributed by atoms with van der Waals surface area (Å²) in [5.41, 5.74) is 8.16. The number of ether oxygens (including phenoxy) is 3. The van der Waals surface area contributed by atoms with Crippen molar-refractivity contribution >= 4 is 38.3 Å². The summed E-state index contributed by atoms with van der Waals surface area (Å²) in [6, 6.07) is 7.59. The minimum Gasteiger partial charge on any atom is -0.454 e. The van der Waals surface area contributed by atoms with Gasteiger partial charge in [0.2, 0.25) is 5.95 Å². The smallest absolute Gasteiger partial charge is 0.356 e. The lowest BCUT2D eigenvalue weighted by Gasteiger charge is -2.30. The Balaban J connectivity index is 1.73. The number of hydrogen-bond acceptors (Lipinski definition) is 14. The second-order valence-electron chi connectivity index (χ2n) is 13.3. The number of aromatic nitrogens is 4. The van der Waals surface area contributed by atoms with Crippen LogP contribution in [0.2, 0.25) is 0 Å². The van der Waals surface area contributed by atoms with Crippen molar-refractivity contribution in [2.24, 2.45) is 0 Å². The number of rotatable bonds is 21. The van der Waals surface area contributed by atoms with E-state index in [9.17, 15) is 13.9 Å². The molecule has 2 atom stereocenters. The van der Waals surface area contributed by atoms with Crippen molar-refractivity contribution in [1.82, 2.24) is 19.5 Å². The molecule has 2 N–H and O–H groups in total. The topological polar surface area (TPSA) is 185 Å². The zero-order valence-corrected chi connectivity index (χ0v) is 31.9. The summed E-state index contributed by atoms with van der Waals surface area (Å²) in [7, 11) is -7.43. The van der Waals surface area contributed by atoms with E-state index in [0.717, 1.165) is 18.5 Å². The molecule has 4 rings (SSSR count). The first-order valence-electron chi connectivity index (χ1n) is 16.9. The number of fused-ring (bicyclic) bond motifs is 1. The third kappa shape index (κ3) is 11.6. The molecule has 1 fully saturated rings. The third-order valence-corrected chi connectivity index (χ3v) is 11.0. The van der Waals surface area contributed by atoms with Crippen LogP contribution in [-0.2, 0) is 41.4 Å². The van der Waals surface area contributed by atoms with Gasteiger partial charge in [0.1, 0.15) is 24.3 Å². The lowest BCUT2D eigenvalue weighted by atomic mass is 10.1. The number of nitrogen functional groups attached to an aromatic ring is 1. The lowest BCUT2D eigenvalue weighted by Crippen LogP contribution is -2.36. The predicted molar refractivity (Wildman–Crippen MR) is 188 cm³/mol. The molecule has 0 spiro atoms. The van der Waals surface area contributed by atoms with Crippen molar-refractivity contribution in [1.29, 1.82) is 0 Å². The van der Waals surface area contributed by atoms with Gasteiger partial charge in [0.15, 0.2) is 5.65 Å². The minimum atomic E-state index is -3.72. The summed E-state index contributed by atoms with van der Waals surface area (Å²) < 4.78 is 69.9. The summed E-state index contributed by atoms with van der Waals surface area (Å²) in [5, 5.41) is 0. The fourth-order valence-electron chi connectivity index (χ4n) is 5.23. The number of hydrogen-bond donors (Lipinski definition) is 1. The molecule has 15 nitrogen and oxygen atoms in total. The molecule has 1 aliphatic carbocycles. The number of nitrogens with zero attached hydrogens (tertiary/aromatic N) is 4. The Kier molecular flexibility index (Phi) is 14.1. The molecule has 0 amide bonds. The number of nitrogens with two attached hydrogens (primary N) is 1. The fourth-order valence-corrected chi connectivity index (χ4v) is 8.80. The Labute approximate surface area is 293 Å². The number of imidazole rings is 1. The van der Waals surface area contributed by atoms with E-state index in [-0.39, 0.29) is 25.1 Å². The Morgan fingerprint density at radius 3 is 1.84 bits per heavy atom. The average molecular weight is 740 g/mol. The van der Waals surface area contributed by atoms with Crippen molar-refractivity contribution < 1.29 is 46.2 Å². The van der Waals surface area contributed by atoms with E-state index in [4.69, 9.17) is 38.0 Å². The number of carbonyl (C=O) groups is 1. The van der Waals surface area contributed by atoms with E-state index in [1.807, 2.05) is 0 Å². The third-order valence-electron chi connectivity index (χ3n) is 7.04. The van der Waals surface area contributed by atoms with E-state index in [1.54, 1.807) is 96.6 Å². The molecule has 2 heterocycles. The molecule has 278 valence electrons. The first-order chi connectivity index (χ1) is 23.6.